The number of furan rings is 1. The Morgan fingerprint density at radius 3 is 2.94 bits per heavy atom. The summed E-state index contributed by atoms with van der Waals surface area (Å²) >= 11 is 0. The average Bonchev–Trinajstić information content (AvgIpc) is 2.76. The number of rotatable bonds is 5. The van der Waals surface area contributed by atoms with Gasteiger partial charge in [0.15, 0.2) is 0 Å². The third-order valence-corrected chi connectivity index (χ3v) is 3.40. The van der Waals surface area contributed by atoms with Gasteiger partial charge in [0, 0.05) is 32.5 Å². The minimum atomic E-state index is 0.182. The van der Waals surface area contributed by atoms with E-state index < -0.39 is 0 Å². The van der Waals surface area contributed by atoms with Crippen LogP contribution in [0.1, 0.15) is 25.0 Å². The molecular weight excluding hydrogens is 216 g/mol. The molecule has 0 aromatic carbocycles. The smallest absolute Gasteiger partial charge is 0.222 e. The second kappa shape index (κ2) is 5.36. The quantitative estimate of drug-likeness (QED) is 0.840. The van der Waals surface area contributed by atoms with Crippen molar-refractivity contribution in [2.75, 3.05) is 13.6 Å². The molecule has 2 rings (SSSR count). The molecule has 1 aliphatic carbocycles. The van der Waals surface area contributed by atoms with E-state index in [-0.39, 0.29) is 5.91 Å². The van der Waals surface area contributed by atoms with Crippen LogP contribution in [-0.2, 0) is 11.2 Å². The molecule has 94 valence electrons. The molecule has 1 saturated carbocycles. The van der Waals surface area contributed by atoms with Gasteiger partial charge in [-0.2, -0.15) is 0 Å². The summed E-state index contributed by atoms with van der Waals surface area (Å²) in [5.41, 5.74) is 5.73. The number of amides is 1. The fraction of sp³-hybridized carbons (Fsp3) is 0.615. The summed E-state index contributed by atoms with van der Waals surface area (Å²) < 4.78 is 5.20. The third kappa shape index (κ3) is 3.33. The summed E-state index contributed by atoms with van der Waals surface area (Å²) in [5, 5.41) is 0. The lowest BCUT2D eigenvalue weighted by Gasteiger charge is -2.35. The zero-order valence-electron chi connectivity index (χ0n) is 10.3. The van der Waals surface area contributed by atoms with Crippen molar-refractivity contribution in [3.63, 3.8) is 0 Å². The van der Waals surface area contributed by atoms with Crippen molar-refractivity contribution in [1.29, 1.82) is 0 Å². The van der Waals surface area contributed by atoms with E-state index in [4.69, 9.17) is 10.2 Å². The molecule has 0 bridgehead atoms. The van der Waals surface area contributed by atoms with Gasteiger partial charge in [0.25, 0.3) is 0 Å². The van der Waals surface area contributed by atoms with Crippen molar-refractivity contribution in [1.82, 2.24) is 4.90 Å². The molecule has 17 heavy (non-hydrogen) atoms. The van der Waals surface area contributed by atoms with Crippen LogP contribution in [-0.4, -0.2) is 30.4 Å². The van der Waals surface area contributed by atoms with E-state index in [0.717, 1.165) is 25.1 Å². The van der Waals surface area contributed by atoms with Crippen molar-refractivity contribution >= 4 is 5.91 Å². The number of carbonyl (C=O) groups is 1. The molecule has 0 radical (unpaired) electrons. The largest absolute Gasteiger partial charge is 0.469 e. The predicted octanol–water partition coefficient (Wildman–Crippen LogP) is 1.41. The highest BCUT2D eigenvalue weighted by atomic mass is 16.3. The number of hydrogen-bond donors (Lipinski definition) is 1. The number of carbonyl (C=O) groups excluding carboxylic acids is 1. The Kier molecular flexibility index (Phi) is 3.84. The van der Waals surface area contributed by atoms with Crippen LogP contribution in [0.4, 0.5) is 0 Å². The van der Waals surface area contributed by atoms with Gasteiger partial charge in [0.05, 0.1) is 6.26 Å². The second-order valence-electron chi connectivity index (χ2n) is 4.95. The first kappa shape index (κ1) is 12.2. The monoisotopic (exact) mass is 236 g/mol. The topological polar surface area (TPSA) is 59.5 Å². The zero-order chi connectivity index (χ0) is 12.3. The normalized spacial score (nSPS) is 23.2. The van der Waals surface area contributed by atoms with E-state index in [2.05, 4.69) is 0 Å². The van der Waals surface area contributed by atoms with E-state index in [1.54, 1.807) is 6.26 Å². The van der Waals surface area contributed by atoms with Crippen LogP contribution in [0.5, 0.6) is 0 Å². The molecule has 4 heteroatoms. The Morgan fingerprint density at radius 2 is 2.35 bits per heavy atom. The zero-order valence-corrected chi connectivity index (χ0v) is 10.3. The summed E-state index contributed by atoms with van der Waals surface area (Å²) in [7, 11) is 1.87. The Labute approximate surface area is 102 Å². The number of nitrogens with zero attached hydrogens (tertiary/aromatic N) is 1. The SMILES string of the molecule is CN(CC1CC(N)C1)C(=O)CCc1ccco1. The summed E-state index contributed by atoms with van der Waals surface area (Å²) in [6, 6.07) is 4.10. The Morgan fingerprint density at radius 1 is 1.59 bits per heavy atom. The van der Waals surface area contributed by atoms with Gasteiger partial charge >= 0.3 is 0 Å². The van der Waals surface area contributed by atoms with Crippen LogP contribution in [0.3, 0.4) is 0 Å². The van der Waals surface area contributed by atoms with Crippen LogP contribution in [0.2, 0.25) is 0 Å². The van der Waals surface area contributed by atoms with Crippen molar-refractivity contribution in [2.24, 2.45) is 11.7 Å². The molecule has 0 aliphatic heterocycles. The predicted molar refractivity (Wildman–Crippen MR) is 65.4 cm³/mol. The highest BCUT2D eigenvalue weighted by Gasteiger charge is 2.27. The molecule has 0 unspecified atom stereocenters. The summed E-state index contributed by atoms with van der Waals surface area (Å²) in [5.74, 6) is 1.65. The van der Waals surface area contributed by atoms with Gasteiger partial charge in [0.1, 0.15) is 5.76 Å². The summed E-state index contributed by atoms with van der Waals surface area (Å²) in [4.78, 5) is 13.7. The van der Waals surface area contributed by atoms with E-state index in [1.807, 2.05) is 24.1 Å². The Balaban J connectivity index is 1.68. The van der Waals surface area contributed by atoms with E-state index in [9.17, 15) is 4.79 Å². The maximum atomic E-state index is 11.8. The lowest BCUT2D eigenvalue weighted by atomic mass is 9.80. The van der Waals surface area contributed by atoms with Gasteiger partial charge in [-0.1, -0.05) is 0 Å². The number of nitrogens with two attached hydrogens (primary N) is 1. The molecule has 2 N–H and O–H groups in total. The van der Waals surface area contributed by atoms with Crippen LogP contribution in [0.15, 0.2) is 22.8 Å². The fourth-order valence-electron chi connectivity index (χ4n) is 2.30. The van der Waals surface area contributed by atoms with Gasteiger partial charge in [-0.05, 0) is 30.9 Å². The first-order chi connectivity index (χ1) is 8.15. The lowest BCUT2D eigenvalue weighted by molar-refractivity contribution is -0.130. The van der Waals surface area contributed by atoms with Crippen LogP contribution in [0.25, 0.3) is 0 Å². The maximum absolute atomic E-state index is 11.8. The molecule has 0 spiro atoms. The first-order valence-corrected chi connectivity index (χ1v) is 6.17. The molecule has 4 nitrogen and oxygen atoms in total. The van der Waals surface area contributed by atoms with E-state index >= 15 is 0 Å². The van der Waals surface area contributed by atoms with E-state index in [1.165, 1.54) is 0 Å². The average molecular weight is 236 g/mol. The molecule has 1 aromatic heterocycles. The molecule has 1 fully saturated rings. The van der Waals surface area contributed by atoms with Crippen molar-refractivity contribution in [3.8, 4) is 0 Å². The van der Waals surface area contributed by atoms with Gasteiger partial charge in [-0.15, -0.1) is 0 Å². The molecule has 1 heterocycles. The van der Waals surface area contributed by atoms with Crippen LogP contribution in [0, 0.1) is 5.92 Å². The fourth-order valence-corrected chi connectivity index (χ4v) is 2.30. The van der Waals surface area contributed by atoms with Crippen LogP contribution >= 0.6 is 0 Å². The lowest BCUT2D eigenvalue weighted by Crippen LogP contribution is -2.43. The third-order valence-electron chi connectivity index (χ3n) is 3.40. The summed E-state index contributed by atoms with van der Waals surface area (Å²) in [6.07, 6.45) is 4.94. The van der Waals surface area contributed by atoms with Gasteiger partial charge in [0.2, 0.25) is 5.91 Å². The molecule has 1 amide bonds. The van der Waals surface area contributed by atoms with E-state index in [0.29, 0.717) is 24.8 Å². The molecule has 0 atom stereocenters. The minimum Gasteiger partial charge on any atom is -0.469 e. The summed E-state index contributed by atoms with van der Waals surface area (Å²) in [6.45, 7) is 0.838. The van der Waals surface area contributed by atoms with Crippen molar-refractivity contribution < 1.29 is 9.21 Å². The number of aryl methyl sites for hydroxylation is 1. The molecular formula is C13H20N2O2. The van der Waals surface area contributed by atoms with Gasteiger partial charge < -0.3 is 15.1 Å². The minimum absolute atomic E-state index is 0.182. The van der Waals surface area contributed by atoms with Crippen molar-refractivity contribution in [2.45, 2.75) is 31.7 Å². The van der Waals surface area contributed by atoms with Crippen molar-refractivity contribution in [3.05, 3.63) is 24.2 Å². The maximum Gasteiger partial charge on any atom is 0.222 e. The second-order valence-corrected chi connectivity index (χ2v) is 4.95. The standard InChI is InChI=1S/C13H20N2O2/c1-15(9-10-7-11(14)8-10)13(16)5-4-12-3-2-6-17-12/h2-3,6,10-11H,4-5,7-9,14H2,1H3. The molecule has 1 aromatic rings. The van der Waals surface area contributed by atoms with Crippen LogP contribution < -0.4 is 5.73 Å². The van der Waals surface area contributed by atoms with Gasteiger partial charge in [-0.3, -0.25) is 4.79 Å². The highest BCUT2D eigenvalue weighted by Crippen LogP contribution is 2.26. The Hall–Kier alpha value is -1.29. The molecule has 1 aliphatic rings. The van der Waals surface area contributed by atoms with Gasteiger partial charge in [-0.25, -0.2) is 0 Å². The first-order valence-electron chi connectivity index (χ1n) is 6.17. The molecule has 0 saturated heterocycles. The number of hydrogen-bond acceptors (Lipinski definition) is 3. The Bertz CT molecular complexity index is 356. The highest BCUT2D eigenvalue weighted by molar-refractivity contribution is 5.76.